The van der Waals surface area contributed by atoms with E-state index in [0.717, 1.165) is 24.3 Å². The van der Waals surface area contributed by atoms with Crippen LogP contribution in [0.5, 0.6) is 5.75 Å². The molecular weight excluding hydrogens is 267 g/mol. The first kappa shape index (κ1) is 15.4. The first-order chi connectivity index (χ1) is 10.3. The van der Waals surface area contributed by atoms with Crippen LogP contribution in [0.1, 0.15) is 37.6 Å². The van der Waals surface area contributed by atoms with Crippen molar-refractivity contribution in [3.63, 3.8) is 0 Å². The van der Waals surface area contributed by atoms with E-state index in [-0.39, 0.29) is 11.9 Å². The van der Waals surface area contributed by atoms with Crippen molar-refractivity contribution < 1.29 is 9.13 Å². The zero-order valence-electron chi connectivity index (χ0n) is 12.5. The molecule has 21 heavy (non-hydrogen) atoms. The molecule has 1 aromatic carbocycles. The summed E-state index contributed by atoms with van der Waals surface area (Å²) >= 11 is 0. The Labute approximate surface area is 125 Å². The number of rotatable bonds is 7. The smallest absolute Gasteiger partial charge is 0.146 e. The molecule has 0 aliphatic rings. The molecule has 0 aliphatic carbocycles. The van der Waals surface area contributed by atoms with E-state index in [1.165, 1.54) is 6.07 Å². The predicted octanol–water partition coefficient (Wildman–Crippen LogP) is 3.71. The normalized spacial score (nSPS) is 12.1. The Bertz CT molecular complexity index is 574. The number of hydrogen-bond acceptors (Lipinski definition) is 3. The van der Waals surface area contributed by atoms with Crippen LogP contribution in [0.25, 0.3) is 0 Å². The maximum absolute atomic E-state index is 14.1. The number of ether oxygens (including phenoxy) is 1. The Balaban J connectivity index is 2.43. The van der Waals surface area contributed by atoms with Crippen LogP contribution >= 0.6 is 0 Å². The number of aromatic nitrogens is 1. The molecule has 3 nitrogen and oxygen atoms in total. The van der Waals surface area contributed by atoms with Crippen LogP contribution in [-0.4, -0.2) is 18.1 Å². The molecule has 0 saturated carbocycles. The van der Waals surface area contributed by atoms with Crippen LogP contribution in [0, 0.1) is 5.82 Å². The van der Waals surface area contributed by atoms with Gasteiger partial charge in [0.1, 0.15) is 11.6 Å². The number of halogens is 1. The molecule has 0 saturated heterocycles. The van der Waals surface area contributed by atoms with Gasteiger partial charge in [0.2, 0.25) is 0 Å². The zero-order chi connectivity index (χ0) is 15.1. The molecule has 1 heterocycles. The summed E-state index contributed by atoms with van der Waals surface area (Å²) < 4.78 is 19.8. The fourth-order valence-electron chi connectivity index (χ4n) is 2.26. The highest BCUT2D eigenvalue weighted by atomic mass is 19.1. The number of benzene rings is 1. The molecule has 0 amide bonds. The first-order valence-electron chi connectivity index (χ1n) is 7.33. The lowest BCUT2D eigenvalue weighted by atomic mass is 10.0. The van der Waals surface area contributed by atoms with Crippen LogP contribution < -0.4 is 10.1 Å². The van der Waals surface area contributed by atoms with Gasteiger partial charge in [0.25, 0.3) is 0 Å². The predicted molar refractivity (Wildman–Crippen MR) is 81.9 cm³/mol. The van der Waals surface area contributed by atoms with Crippen molar-refractivity contribution in [2.45, 2.75) is 26.3 Å². The second-order valence-corrected chi connectivity index (χ2v) is 4.73. The molecule has 2 aromatic rings. The Kier molecular flexibility index (Phi) is 5.69. The number of pyridine rings is 1. The molecule has 0 spiro atoms. The van der Waals surface area contributed by atoms with Crippen LogP contribution in [0.3, 0.4) is 0 Å². The van der Waals surface area contributed by atoms with Gasteiger partial charge in [-0.1, -0.05) is 25.1 Å². The van der Waals surface area contributed by atoms with Gasteiger partial charge in [-0.3, -0.25) is 4.98 Å². The Morgan fingerprint density at radius 1 is 1.19 bits per heavy atom. The molecule has 1 aromatic heterocycles. The second-order valence-electron chi connectivity index (χ2n) is 4.73. The van der Waals surface area contributed by atoms with Gasteiger partial charge in [-0.15, -0.1) is 0 Å². The summed E-state index contributed by atoms with van der Waals surface area (Å²) in [5, 5.41) is 3.36. The van der Waals surface area contributed by atoms with Gasteiger partial charge in [-0.25, -0.2) is 4.39 Å². The van der Waals surface area contributed by atoms with Crippen molar-refractivity contribution in [3.8, 4) is 5.75 Å². The third kappa shape index (κ3) is 3.79. The fourth-order valence-corrected chi connectivity index (χ4v) is 2.26. The lowest BCUT2D eigenvalue weighted by molar-refractivity contribution is 0.332. The molecule has 1 atom stereocenters. The van der Waals surface area contributed by atoms with E-state index >= 15 is 0 Å². The van der Waals surface area contributed by atoms with E-state index in [1.54, 1.807) is 12.3 Å². The van der Waals surface area contributed by atoms with Crippen molar-refractivity contribution in [1.29, 1.82) is 0 Å². The molecule has 2 rings (SSSR count). The van der Waals surface area contributed by atoms with Gasteiger partial charge in [0.15, 0.2) is 0 Å². The fraction of sp³-hybridized carbons (Fsp3) is 0.353. The third-order valence-electron chi connectivity index (χ3n) is 3.19. The van der Waals surface area contributed by atoms with E-state index in [0.29, 0.717) is 12.3 Å². The van der Waals surface area contributed by atoms with E-state index in [2.05, 4.69) is 17.2 Å². The van der Waals surface area contributed by atoms with E-state index in [9.17, 15) is 4.39 Å². The monoisotopic (exact) mass is 288 g/mol. The van der Waals surface area contributed by atoms with Crippen molar-refractivity contribution in [2.75, 3.05) is 13.2 Å². The van der Waals surface area contributed by atoms with Crippen LogP contribution in [-0.2, 0) is 0 Å². The number of nitrogens with zero attached hydrogens (tertiary/aromatic N) is 1. The number of nitrogens with one attached hydrogen (secondary N) is 1. The molecule has 4 heteroatoms. The van der Waals surface area contributed by atoms with Gasteiger partial charge in [-0.05, 0) is 38.1 Å². The summed E-state index contributed by atoms with van der Waals surface area (Å²) in [4.78, 5) is 4.22. The average Bonchev–Trinajstić information content (AvgIpc) is 2.51. The maximum Gasteiger partial charge on any atom is 0.146 e. The SMILES string of the molecule is CCCNC(c1ccccc1OCC)c1ncccc1F. The minimum absolute atomic E-state index is 0.308. The highest BCUT2D eigenvalue weighted by molar-refractivity contribution is 5.40. The van der Waals surface area contributed by atoms with Crippen molar-refractivity contribution >= 4 is 0 Å². The minimum atomic E-state index is -0.311. The summed E-state index contributed by atoms with van der Waals surface area (Å²) in [6, 6.07) is 10.4. The standard InChI is InChI=1S/C17H21FN2O/c1-3-11-19-16(17-14(18)9-7-12-20-17)13-8-5-6-10-15(13)21-4-2/h5-10,12,16,19H,3-4,11H2,1-2H3. The van der Waals surface area contributed by atoms with Crippen LogP contribution in [0.4, 0.5) is 4.39 Å². The van der Waals surface area contributed by atoms with Gasteiger partial charge < -0.3 is 10.1 Å². The maximum atomic E-state index is 14.1. The molecule has 1 unspecified atom stereocenters. The van der Waals surface area contributed by atoms with Crippen LogP contribution in [0.2, 0.25) is 0 Å². The van der Waals surface area contributed by atoms with Crippen molar-refractivity contribution in [3.05, 3.63) is 59.7 Å². The van der Waals surface area contributed by atoms with E-state index in [1.807, 2.05) is 31.2 Å². The van der Waals surface area contributed by atoms with E-state index < -0.39 is 0 Å². The zero-order valence-corrected chi connectivity index (χ0v) is 12.5. The summed E-state index contributed by atoms with van der Waals surface area (Å²) in [6.07, 6.45) is 2.57. The Hall–Kier alpha value is -1.94. The topological polar surface area (TPSA) is 34.1 Å². The summed E-state index contributed by atoms with van der Waals surface area (Å²) in [5.41, 5.74) is 1.31. The molecule has 1 N–H and O–H groups in total. The Morgan fingerprint density at radius 3 is 2.71 bits per heavy atom. The van der Waals surface area contributed by atoms with Crippen molar-refractivity contribution in [2.24, 2.45) is 0 Å². The lowest BCUT2D eigenvalue weighted by Crippen LogP contribution is -2.25. The Morgan fingerprint density at radius 2 is 2.00 bits per heavy atom. The third-order valence-corrected chi connectivity index (χ3v) is 3.19. The quantitative estimate of drug-likeness (QED) is 0.843. The molecule has 0 bridgehead atoms. The number of para-hydroxylation sites is 1. The molecule has 112 valence electrons. The van der Waals surface area contributed by atoms with Gasteiger partial charge in [0.05, 0.1) is 18.3 Å². The van der Waals surface area contributed by atoms with Gasteiger partial charge >= 0.3 is 0 Å². The first-order valence-corrected chi connectivity index (χ1v) is 7.33. The number of hydrogen-bond donors (Lipinski definition) is 1. The minimum Gasteiger partial charge on any atom is -0.494 e. The average molecular weight is 288 g/mol. The highest BCUT2D eigenvalue weighted by Crippen LogP contribution is 2.30. The molecular formula is C17H21FN2O. The van der Waals surface area contributed by atoms with Crippen LogP contribution in [0.15, 0.2) is 42.6 Å². The molecule has 0 aliphatic heterocycles. The largest absolute Gasteiger partial charge is 0.494 e. The van der Waals surface area contributed by atoms with Gasteiger partial charge in [-0.2, -0.15) is 0 Å². The molecule has 0 fully saturated rings. The van der Waals surface area contributed by atoms with E-state index in [4.69, 9.17) is 4.74 Å². The summed E-state index contributed by atoms with van der Waals surface area (Å²) in [5.74, 6) is 0.455. The summed E-state index contributed by atoms with van der Waals surface area (Å²) in [6.45, 7) is 5.36. The highest BCUT2D eigenvalue weighted by Gasteiger charge is 2.21. The van der Waals surface area contributed by atoms with Crippen molar-refractivity contribution in [1.82, 2.24) is 10.3 Å². The second kappa shape index (κ2) is 7.74. The van der Waals surface area contributed by atoms with Gasteiger partial charge in [0, 0.05) is 11.8 Å². The summed E-state index contributed by atoms with van der Waals surface area (Å²) in [7, 11) is 0. The lowest BCUT2D eigenvalue weighted by Gasteiger charge is -2.21. The molecule has 0 radical (unpaired) electrons.